The summed E-state index contributed by atoms with van der Waals surface area (Å²) < 4.78 is 0. The topological polar surface area (TPSA) is 6.48 Å². The van der Waals surface area contributed by atoms with Gasteiger partial charge >= 0.3 is 0 Å². The van der Waals surface area contributed by atoms with E-state index >= 15 is 0 Å². The van der Waals surface area contributed by atoms with E-state index < -0.39 is 0 Å². The Morgan fingerprint density at radius 2 is 2.07 bits per heavy atom. The average Bonchev–Trinajstić information content (AvgIpc) is 2.44. The molecule has 0 amide bonds. The summed E-state index contributed by atoms with van der Waals surface area (Å²) in [7, 11) is 0. The second kappa shape index (κ2) is 4.65. The molecule has 0 aromatic heterocycles. The fourth-order valence-electron chi connectivity index (χ4n) is 2.67. The second-order valence-corrected chi connectivity index (χ2v) is 4.97. The molecule has 80 valence electrons. The van der Waals surface area contributed by atoms with Gasteiger partial charge in [-0.15, -0.1) is 0 Å². The first kappa shape index (κ1) is 10.5. The summed E-state index contributed by atoms with van der Waals surface area (Å²) in [5.74, 6) is 0. The van der Waals surface area contributed by atoms with Crippen LogP contribution in [0, 0.1) is 0 Å². The van der Waals surface area contributed by atoms with E-state index in [4.69, 9.17) is 11.6 Å². The van der Waals surface area contributed by atoms with Crippen LogP contribution in [0.15, 0.2) is 11.6 Å². The Balaban J connectivity index is 1.91. The molecule has 3 heteroatoms. The highest BCUT2D eigenvalue weighted by molar-refractivity contribution is 6.29. The van der Waals surface area contributed by atoms with Crippen molar-refractivity contribution in [2.24, 2.45) is 0 Å². The van der Waals surface area contributed by atoms with Gasteiger partial charge in [0, 0.05) is 24.2 Å². The minimum Gasteiger partial charge on any atom is -0.299 e. The molecule has 1 unspecified atom stereocenters. The van der Waals surface area contributed by atoms with Crippen LogP contribution in [-0.4, -0.2) is 48.6 Å². The Kier molecular flexibility index (Phi) is 3.47. The van der Waals surface area contributed by atoms with Crippen molar-refractivity contribution in [2.45, 2.75) is 25.3 Å². The molecule has 2 rings (SSSR count). The van der Waals surface area contributed by atoms with Crippen molar-refractivity contribution in [1.82, 2.24) is 9.80 Å². The number of hydrogen-bond acceptors (Lipinski definition) is 2. The van der Waals surface area contributed by atoms with Crippen LogP contribution >= 0.6 is 11.6 Å². The molecule has 0 radical (unpaired) electrons. The Labute approximate surface area is 91.5 Å². The number of rotatable bonds is 2. The van der Waals surface area contributed by atoms with Gasteiger partial charge in [-0.3, -0.25) is 9.80 Å². The maximum absolute atomic E-state index is 5.86. The van der Waals surface area contributed by atoms with Gasteiger partial charge in [-0.25, -0.2) is 0 Å². The van der Waals surface area contributed by atoms with E-state index in [1.54, 1.807) is 0 Å². The second-order valence-electron chi connectivity index (χ2n) is 4.44. The SMILES string of the molecule is C=C(Cl)CN1CCCN2CCCC2C1. The third kappa shape index (κ3) is 2.50. The summed E-state index contributed by atoms with van der Waals surface area (Å²) in [6, 6.07) is 0.786. The zero-order valence-electron chi connectivity index (χ0n) is 8.71. The number of hydrogen-bond donors (Lipinski definition) is 0. The minimum atomic E-state index is 0.774. The van der Waals surface area contributed by atoms with Crippen molar-refractivity contribution < 1.29 is 0 Å². The summed E-state index contributed by atoms with van der Waals surface area (Å²) in [6.07, 6.45) is 4.02. The van der Waals surface area contributed by atoms with Crippen LogP contribution in [0.1, 0.15) is 19.3 Å². The molecule has 2 saturated heterocycles. The molecule has 0 bridgehead atoms. The molecule has 2 nitrogen and oxygen atoms in total. The summed E-state index contributed by atoms with van der Waals surface area (Å²) in [6.45, 7) is 9.59. The Morgan fingerprint density at radius 3 is 2.86 bits per heavy atom. The van der Waals surface area contributed by atoms with Crippen molar-refractivity contribution in [1.29, 1.82) is 0 Å². The third-order valence-corrected chi connectivity index (χ3v) is 3.40. The van der Waals surface area contributed by atoms with Crippen LogP contribution in [0.2, 0.25) is 0 Å². The normalized spacial score (nSPS) is 29.9. The molecule has 14 heavy (non-hydrogen) atoms. The first-order chi connectivity index (χ1) is 6.75. The lowest BCUT2D eigenvalue weighted by Crippen LogP contribution is -2.37. The molecular formula is C11H19ClN2. The summed E-state index contributed by atoms with van der Waals surface area (Å²) >= 11 is 5.86. The highest BCUT2D eigenvalue weighted by Crippen LogP contribution is 2.21. The number of halogens is 1. The van der Waals surface area contributed by atoms with Gasteiger partial charge in [-0.1, -0.05) is 18.2 Å². The predicted molar refractivity (Wildman–Crippen MR) is 60.6 cm³/mol. The van der Waals surface area contributed by atoms with Gasteiger partial charge in [-0.05, 0) is 38.9 Å². The lowest BCUT2D eigenvalue weighted by atomic mass is 10.2. The monoisotopic (exact) mass is 214 g/mol. The number of fused-ring (bicyclic) bond motifs is 1. The molecule has 0 N–H and O–H groups in total. The first-order valence-electron chi connectivity index (χ1n) is 5.55. The summed E-state index contributed by atoms with van der Waals surface area (Å²) in [5, 5.41) is 0.774. The highest BCUT2D eigenvalue weighted by atomic mass is 35.5. The fourth-order valence-corrected chi connectivity index (χ4v) is 2.84. The molecule has 0 saturated carbocycles. The van der Waals surface area contributed by atoms with E-state index in [0.29, 0.717) is 0 Å². The van der Waals surface area contributed by atoms with Gasteiger partial charge < -0.3 is 0 Å². The van der Waals surface area contributed by atoms with Crippen molar-refractivity contribution >= 4 is 11.6 Å². The van der Waals surface area contributed by atoms with E-state index in [1.807, 2.05) is 0 Å². The molecule has 1 atom stereocenters. The standard InChI is InChI=1S/C11H19ClN2/c1-10(12)8-13-5-3-7-14-6-2-4-11(14)9-13/h11H,1-9H2. The van der Waals surface area contributed by atoms with Crippen LogP contribution < -0.4 is 0 Å². The zero-order chi connectivity index (χ0) is 9.97. The van der Waals surface area contributed by atoms with Gasteiger partial charge in [0.05, 0.1) is 0 Å². The number of nitrogens with zero attached hydrogens (tertiary/aromatic N) is 2. The lowest BCUT2D eigenvalue weighted by Gasteiger charge is -2.25. The van der Waals surface area contributed by atoms with Crippen molar-refractivity contribution in [3.05, 3.63) is 11.6 Å². The van der Waals surface area contributed by atoms with E-state index in [1.165, 1.54) is 45.4 Å². The molecule has 0 aromatic rings. The smallest absolute Gasteiger partial charge is 0.0336 e. The largest absolute Gasteiger partial charge is 0.299 e. The molecule has 2 fully saturated rings. The van der Waals surface area contributed by atoms with E-state index in [2.05, 4.69) is 16.4 Å². The van der Waals surface area contributed by atoms with Crippen LogP contribution in [0.3, 0.4) is 0 Å². The Hall–Kier alpha value is -0.0500. The predicted octanol–water partition coefficient (Wildman–Crippen LogP) is 1.91. The highest BCUT2D eigenvalue weighted by Gasteiger charge is 2.28. The summed E-state index contributed by atoms with van der Waals surface area (Å²) in [5.41, 5.74) is 0. The van der Waals surface area contributed by atoms with Crippen LogP contribution in [0.5, 0.6) is 0 Å². The first-order valence-corrected chi connectivity index (χ1v) is 5.93. The van der Waals surface area contributed by atoms with Crippen molar-refractivity contribution in [3.63, 3.8) is 0 Å². The molecule has 2 aliphatic rings. The molecule has 2 aliphatic heterocycles. The van der Waals surface area contributed by atoms with Gasteiger partial charge in [-0.2, -0.15) is 0 Å². The Bertz CT molecular complexity index is 217. The van der Waals surface area contributed by atoms with E-state index in [-0.39, 0.29) is 0 Å². The van der Waals surface area contributed by atoms with Crippen LogP contribution in [-0.2, 0) is 0 Å². The fraction of sp³-hybridized carbons (Fsp3) is 0.818. The van der Waals surface area contributed by atoms with Crippen molar-refractivity contribution in [3.8, 4) is 0 Å². The average molecular weight is 215 g/mol. The Morgan fingerprint density at radius 1 is 1.29 bits per heavy atom. The van der Waals surface area contributed by atoms with Crippen molar-refractivity contribution in [2.75, 3.05) is 32.7 Å². The van der Waals surface area contributed by atoms with Crippen LogP contribution in [0.4, 0.5) is 0 Å². The van der Waals surface area contributed by atoms with Crippen LogP contribution in [0.25, 0.3) is 0 Å². The maximum Gasteiger partial charge on any atom is 0.0336 e. The lowest BCUT2D eigenvalue weighted by molar-refractivity contribution is 0.230. The van der Waals surface area contributed by atoms with Gasteiger partial charge in [0.1, 0.15) is 0 Å². The zero-order valence-corrected chi connectivity index (χ0v) is 9.47. The van der Waals surface area contributed by atoms with Gasteiger partial charge in [0.25, 0.3) is 0 Å². The molecule has 0 aliphatic carbocycles. The third-order valence-electron chi connectivity index (χ3n) is 3.28. The van der Waals surface area contributed by atoms with E-state index in [9.17, 15) is 0 Å². The molecule has 0 spiro atoms. The molecule has 2 heterocycles. The maximum atomic E-state index is 5.86. The quantitative estimate of drug-likeness (QED) is 0.693. The van der Waals surface area contributed by atoms with Gasteiger partial charge in [0.15, 0.2) is 0 Å². The van der Waals surface area contributed by atoms with Gasteiger partial charge in [0.2, 0.25) is 0 Å². The van der Waals surface area contributed by atoms with E-state index in [0.717, 1.165) is 17.6 Å². The molecular weight excluding hydrogens is 196 g/mol. The molecule has 0 aromatic carbocycles. The summed E-state index contributed by atoms with van der Waals surface area (Å²) in [4.78, 5) is 5.09. The minimum absolute atomic E-state index is 0.774.